The van der Waals surface area contributed by atoms with Gasteiger partial charge in [-0.25, -0.2) is 0 Å². The number of hydrogen-bond acceptors (Lipinski definition) is 5. The molecule has 122 valence electrons. The minimum Gasteiger partial charge on any atom is -0.491 e. The summed E-state index contributed by atoms with van der Waals surface area (Å²) in [6, 6.07) is 0.114. The van der Waals surface area contributed by atoms with E-state index in [0.717, 1.165) is 18.9 Å². The highest BCUT2D eigenvalue weighted by Crippen LogP contribution is 2.29. The predicted octanol–water partition coefficient (Wildman–Crippen LogP) is 1.81. The molecule has 0 aromatic rings. The highest BCUT2D eigenvalue weighted by molar-refractivity contribution is 5.66. The van der Waals surface area contributed by atoms with E-state index in [1.165, 1.54) is 25.9 Å². The molecule has 3 aliphatic heterocycles. The number of aliphatic hydroxyl groups excluding tert-OH is 1. The molecule has 0 bridgehead atoms. The van der Waals surface area contributed by atoms with Crippen molar-refractivity contribution in [1.29, 1.82) is 0 Å². The average Bonchev–Trinajstić information content (AvgIpc) is 3.15. The first-order chi connectivity index (χ1) is 10.6. The lowest BCUT2D eigenvalue weighted by Crippen LogP contribution is -2.38. The van der Waals surface area contributed by atoms with Crippen molar-refractivity contribution in [2.75, 3.05) is 26.2 Å². The van der Waals surface area contributed by atoms with Gasteiger partial charge in [0.1, 0.15) is 12.4 Å². The van der Waals surface area contributed by atoms with Gasteiger partial charge in [0.15, 0.2) is 0 Å². The molecule has 0 aliphatic carbocycles. The van der Waals surface area contributed by atoms with Gasteiger partial charge >= 0.3 is 0 Å². The maximum absolute atomic E-state index is 10.3. The van der Waals surface area contributed by atoms with E-state index in [-0.39, 0.29) is 24.0 Å². The summed E-state index contributed by atoms with van der Waals surface area (Å²) in [6.45, 7) is 8.19. The van der Waals surface area contributed by atoms with E-state index < -0.39 is 0 Å². The minimum atomic E-state index is -0.366. The van der Waals surface area contributed by atoms with Crippen LogP contribution in [0.15, 0.2) is 29.2 Å². The van der Waals surface area contributed by atoms with Crippen LogP contribution in [0, 0.1) is 11.8 Å². The van der Waals surface area contributed by atoms with Gasteiger partial charge in [-0.3, -0.25) is 9.91 Å². The molecule has 3 aliphatic rings. The molecule has 0 aromatic carbocycles. The second kappa shape index (κ2) is 6.84. The number of fused-ring (bicyclic) bond motifs is 1. The Morgan fingerprint density at radius 1 is 1.36 bits per heavy atom. The second-order valence-electron chi connectivity index (χ2n) is 6.73. The van der Waals surface area contributed by atoms with Crippen LogP contribution in [0.4, 0.5) is 0 Å². The number of likely N-dealkylation sites (tertiary alicyclic amines) is 1. The van der Waals surface area contributed by atoms with Crippen molar-refractivity contribution in [3.05, 3.63) is 24.1 Å². The average molecular weight is 305 g/mol. The fourth-order valence-electron chi connectivity index (χ4n) is 3.32. The smallest absolute Gasteiger partial charge is 0.137 e. The van der Waals surface area contributed by atoms with Crippen molar-refractivity contribution in [2.24, 2.45) is 16.9 Å². The molecular formula is C17H27N3O2. The Bertz CT molecular complexity index is 467. The zero-order valence-electron chi connectivity index (χ0n) is 13.6. The molecule has 3 unspecified atom stereocenters. The fourth-order valence-corrected chi connectivity index (χ4v) is 3.32. The van der Waals surface area contributed by atoms with Crippen molar-refractivity contribution < 1.29 is 9.84 Å². The largest absolute Gasteiger partial charge is 0.491 e. The molecule has 0 spiro atoms. The molecule has 0 aromatic heterocycles. The normalized spacial score (nSPS) is 29.1. The molecule has 5 heteroatoms. The third-order valence-corrected chi connectivity index (χ3v) is 4.74. The first kappa shape index (κ1) is 15.6. The van der Waals surface area contributed by atoms with E-state index >= 15 is 0 Å². The predicted molar refractivity (Wildman–Crippen MR) is 87.3 cm³/mol. The van der Waals surface area contributed by atoms with Crippen molar-refractivity contribution in [2.45, 2.75) is 38.8 Å². The summed E-state index contributed by atoms with van der Waals surface area (Å²) in [5, 5.41) is 16.6. The molecule has 3 atom stereocenters. The Kier molecular flexibility index (Phi) is 4.84. The molecule has 1 saturated heterocycles. The SMILES string of the molecule is CC(C)C(O)C1C=NN2C=C(OCCN3CCCC3)C=CC12. The van der Waals surface area contributed by atoms with Crippen molar-refractivity contribution in [3.63, 3.8) is 0 Å². The van der Waals surface area contributed by atoms with Crippen LogP contribution in [0.25, 0.3) is 0 Å². The Hall–Kier alpha value is -1.33. The molecule has 22 heavy (non-hydrogen) atoms. The molecule has 3 rings (SSSR count). The second-order valence-corrected chi connectivity index (χ2v) is 6.73. The van der Waals surface area contributed by atoms with Crippen LogP contribution in [-0.2, 0) is 4.74 Å². The summed E-state index contributed by atoms with van der Waals surface area (Å²) >= 11 is 0. The number of aliphatic hydroxyl groups is 1. The lowest BCUT2D eigenvalue weighted by atomic mass is 9.88. The van der Waals surface area contributed by atoms with Crippen molar-refractivity contribution in [1.82, 2.24) is 9.91 Å². The van der Waals surface area contributed by atoms with Crippen LogP contribution in [0.2, 0.25) is 0 Å². The highest BCUT2D eigenvalue weighted by atomic mass is 16.5. The van der Waals surface area contributed by atoms with Gasteiger partial charge in [0.2, 0.25) is 0 Å². The lowest BCUT2D eigenvalue weighted by molar-refractivity contribution is 0.0740. The summed E-state index contributed by atoms with van der Waals surface area (Å²) in [5.74, 6) is 1.14. The van der Waals surface area contributed by atoms with Crippen LogP contribution in [0.5, 0.6) is 0 Å². The van der Waals surface area contributed by atoms with E-state index in [9.17, 15) is 5.11 Å². The number of hydrazone groups is 1. The van der Waals surface area contributed by atoms with E-state index in [4.69, 9.17) is 4.74 Å². The Morgan fingerprint density at radius 3 is 2.86 bits per heavy atom. The first-order valence-electron chi connectivity index (χ1n) is 8.41. The highest BCUT2D eigenvalue weighted by Gasteiger charge is 2.36. The molecule has 5 nitrogen and oxygen atoms in total. The van der Waals surface area contributed by atoms with Gasteiger partial charge in [-0.2, -0.15) is 5.10 Å². The number of allylic oxidation sites excluding steroid dienone is 1. The molecule has 1 fully saturated rings. The molecular weight excluding hydrogens is 278 g/mol. The number of rotatable bonds is 6. The lowest BCUT2D eigenvalue weighted by Gasteiger charge is -2.29. The van der Waals surface area contributed by atoms with Crippen LogP contribution in [0.1, 0.15) is 26.7 Å². The van der Waals surface area contributed by atoms with E-state index in [1.807, 2.05) is 37.3 Å². The van der Waals surface area contributed by atoms with Crippen molar-refractivity contribution >= 4 is 6.21 Å². The Labute approximate surface area is 132 Å². The van der Waals surface area contributed by atoms with Crippen LogP contribution >= 0.6 is 0 Å². The summed E-state index contributed by atoms with van der Waals surface area (Å²) in [4.78, 5) is 2.44. The van der Waals surface area contributed by atoms with Crippen LogP contribution in [0.3, 0.4) is 0 Å². The van der Waals surface area contributed by atoms with Gasteiger partial charge in [-0.1, -0.05) is 19.9 Å². The van der Waals surface area contributed by atoms with Gasteiger partial charge in [-0.05, 0) is 37.9 Å². The van der Waals surface area contributed by atoms with Gasteiger partial charge in [0.05, 0.1) is 18.3 Å². The summed E-state index contributed by atoms with van der Waals surface area (Å²) < 4.78 is 5.85. The fraction of sp³-hybridized carbons (Fsp3) is 0.706. The standard InChI is InChI=1S/C17H27N3O2/c1-13(2)17(21)15-11-18-20-12-14(5-6-16(15)20)22-10-9-19-7-3-4-8-19/h5-6,11-13,15-17,21H,3-4,7-10H2,1-2H3. The van der Waals surface area contributed by atoms with Gasteiger partial charge in [0.25, 0.3) is 0 Å². The first-order valence-corrected chi connectivity index (χ1v) is 8.41. The minimum absolute atomic E-state index is 0.0543. The maximum atomic E-state index is 10.3. The zero-order chi connectivity index (χ0) is 15.5. The monoisotopic (exact) mass is 305 g/mol. The number of hydrogen-bond donors (Lipinski definition) is 1. The maximum Gasteiger partial charge on any atom is 0.137 e. The Balaban J connectivity index is 1.50. The number of ether oxygens (including phenoxy) is 1. The topological polar surface area (TPSA) is 48.3 Å². The molecule has 1 N–H and O–H groups in total. The van der Waals surface area contributed by atoms with E-state index in [0.29, 0.717) is 0 Å². The molecule has 3 heterocycles. The number of nitrogens with zero attached hydrogens (tertiary/aromatic N) is 3. The van der Waals surface area contributed by atoms with Crippen LogP contribution in [-0.4, -0.2) is 59.6 Å². The van der Waals surface area contributed by atoms with E-state index in [2.05, 4.69) is 16.1 Å². The van der Waals surface area contributed by atoms with Crippen molar-refractivity contribution in [3.8, 4) is 0 Å². The third kappa shape index (κ3) is 3.36. The van der Waals surface area contributed by atoms with Crippen LogP contribution < -0.4 is 0 Å². The summed E-state index contributed by atoms with van der Waals surface area (Å²) in [5.41, 5.74) is 0. The van der Waals surface area contributed by atoms with E-state index in [1.54, 1.807) is 0 Å². The van der Waals surface area contributed by atoms with Gasteiger partial charge < -0.3 is 9.84 Å². The third-order valence-electron chi connectivity index (χ3n) is 4.74. The molecule has 0 saturated carbocycles. The molecule has 0 amide bonds. The van der Waals surface area contributed by atoms with Gasteiger partial charge in [-0.15, -0.1) is 0 Å². The summed E-state index contributed by atoms with van der Waals surface area (Å²) in [6.07, 6.45) is 10.2. The van der Waals surface area contributed by atoms with Gasteiger partial charge in [0, 0.05) is 18.7 Å². The summed E-state index contributed by atoms with van der Waals surface area (Å²) in [7, 11) is 0. The zero-order valence-corrected chi connectivity index (χ0v) is 13.6. The Morgan fingerprint density at radius 2 is 2.14 bits per heavy atom. The quantitative estimate of drug-likeness (QED) is 0.813. The molecule has 0 radical (unpaired) electrons.